The molecule has 1 saturated heterocycles. The number of rotatable bonds is 2. The minimum Gasteiger partial charge on any atom is -0.381 e. The molecule has 0 unspecified atom stereocenters. The van der Waals surface area contributed by atoms with Gasteiger partial charge in [0, 0.05) is 22.5 Å². The van der Waals surface area contributed by atoms with Crippen LogP contribution in [0.1, 0.15) is 12.8 Å². The summed E-state index contributed by atoms with van der Waals surface area (Å²) in [5.41, 5.74) is -0.215. The normalized spacial score (nSPS) is 17.8. The Morgan fingerprint density at radius 1 is 1.44 bits per heavy atom. The van der Waals surface area contributed by atoms with Gasteiger partial charge in [-0.05, 0) is 53.6 Å². The Balaban J connectivity index is 2.13. The molecule has 18 heavy (non-hydrogen) atoms. The van der Waals surface area contributed by atoms with Crippen LogP contribution in [0.4, 0.5) is 5.69 Å². The number of nitrogens with one attached hydrogen (secondary N) is 1. The minimum absolute atomic E-state index is 0.227. The summed E-state index contributed by atoms with van der Waals surface area (Å²) in [7, 11) is 0. The van der Waals surface area contributed by atoms with E-state index >= 15 is 0 Å². The van der Waals surface area contributed by atoms with Crippen molar-refractivity contribution in [1.82, 2.24) is 0 Å². The monoisotopic (exact) mass is 356 g/mol. The predicted molar refractivity (Wildman–Crippen MR) is 75.9 cm³/mol. The Morgan fingerprint density at radius 3 is 2.78 bits per heavy atom. The van der Waals surface area contributed by atoms with Gasteiger partial charge in [-0.3, -0.25) is 4.79 Å². The van der Waals surface area contributed by atoms with Gasteiger partial charge in [0.15, 0.2) is 0 Å². The van der Waals surface area contributed by atoms with Gasteiger partial charge in [-0.25, -0.2) is 0 Å². The number of amides is 1. The summed E-state index contributed by atoms with van der Waals surface area (Å²) in [6.45, 7) is 0.931. The quantitative estimate of drug-likeness (QED) is 0.829. The van der Waals surface area contributed by atoms with Crippen molar-refractivity contribution < 1.29 is 9.53 Å². The van der Waals surface area contributed by atoms with Crippen LogP contribution in [-0.2, 0) is 9.53 Å². The molecule has 2 rings (SSSR count). The van der Waals surface area contributed by atoms with E-state index in [1.54, 1.807) is 0 Å². The number of hydrogen-bond donors (Lipinski definition) is 1. The second-order valence-corrected chi connectivity index (χ2v) is 5.52. The smallest absolute Gasteiger partial charge is 0.245 e. The number of hydrogen-bond acceptors (Lipinski definition) is 3. The Morgan fingerprint density at radius 2 is 2.17 bits per heavy atom. The number of ether oxygens (including phenoxy) is 1. The molecule has 0 radical (unpaired) electrons. The summed E-state index contributed by atoms with van der Waals surface area (Å²) in [5.74, 6) is -0.227. The van der Waals surface area contributed by atoms with Crippen molar-refractivity contribution in [3.05, 3.63) is 27.8 Å². The first kappa shape index (κ1) is 13.3. The third-order valence-corrected chi connectivity index (χ3v) is 3.75. The zero-order chi connectivity index (χ0) is 13.0. The molecule has 5 heteroatoms. The lowest BCUT2D eigenvalue weighted by atomic mass is 9.81. The average molecular weight is 356 g/mol. The summed E-state index contributed by atoms with van der Waals surface area (Å²) < 4.78 is 6.26. The molecule has 0 bridgehead atoms. The van der Waals surface area contributed by atoms with Crippen LogP contribution < -0.4 is 5.32 Å². The van der Waals surface area contributed by atoms with E-state index in [1.165, 1.54) is 0 Å². The number of carbonyl (C=O) groups is 1. The molecule has 1 amide bonds. The van der Waals surface area contributed by atoms with Gasteiger partial charge >= 0.3 is 0 Å². The molecule has 1 fully saturated rings. The van der Waals surface area contributed by atoms with Crippen LogP contribution in [0.15, 0.2) is 24.3 Å². The zero-order valence-corrected chi connectivity index (χ0v) is 11.9. The number of benzene rings is 1. The van der Waals surface area contributed by atoms with Crippen LogP contribution in [0.3, 0.4) is 0 Å². The highest BCUT2D eigenvalue weighted by Crippen LogP contribution is 2.31. The number of anilines is 1. The maximum Gasteiger partial charge on any atom is 0.245 e. The van der Waals surface area contributed by atoms with Crippen molar-refractivity contribution in [2.75, 3.05) is 18.5 Å². The van der Waals surface area contributed by atoms with E-state index in [0.29, 0.717) is 26.1 Å². The zero-order valence-electron chi connectivity index (χ0n) is 9.78. The molecule has 1 heterocycles. The third-order valence-electron chi connectivity index (χ3n) is 3.08. The second-order valence-electron chi connectivity index (χ2n) is 4.27. The first-order chi connectivity index (χ1) is 8.66. The molecule has 0 aliphatic carbocycles. The number of carbonyl (C=O) groups excluding carboxylic acids is 1. The minimum atomic E-state index is -0.945. The van der Waals surface area contributed by atoms with Gasteiger partial charge in [0.1, 0.15) is 5.41 Å². The van der Waals surface area contributed by atoms with Gasteiger partial charge in [-0.1, -0.05) is 6.07 Å². The van der Waals surface area contributed by atoms with Crippen molar-refractivity contribution in [2.24, 2.45) is 5.41 Å². The van der Waals surface area contributed by atoms with E-state index in [1.807, 2.05) is 24.3 Å². The van der Waals surface area contributed by atoms with Gasteiger partial charge < -0.3 is 10.1 Å². The molecule has 4 nitrogen and oxygen atoms in total. The number of nitrogens with zero attached hydrogens (tertiary/aromatic N) is 1. The van der Waals surface area contributed by atoms with Crippen LogP contribution in [0.5, 0.6) is 0 Å². The molecule has 0 atom stereocenters. The van der Waals surface area contributed by atoms with Crippen molar-refractivity contribution >= 4 is 34.2 Å². The molecule has 94 valence electrons. The van der Waals surface area contributed by atoms with Crippen LogP contribution in [0.25, 0.3) is 0 Å². The molecule has 1 aliphatic rings. The topological polar surface area (TPSA) is 62.1 Å². The van der Waals surface area contributed by atoms with Gasteiger partial charge in [0.25, 0.3) is 0 Å². The van der Waals surface area contributed by atoms with Crippen molar-refractivity contribution in [2.45, 2.75) is 12.8 Å². The van der Waals surface area contributed by atoms with Gasteiger partial charge in [-0.2, -0.15) is 5.26 Å². The lowest BCUT2D eigenvalue weighted by Crippen LogP contribution is -2.39. The van der Waals surface area contributed by atoms with Crippen LogP contribution >= 0.6 is 22.6 Å². The molecule has 1 N–H and O–H groups in total. The second kappa shape index (κ2) is 5.67. The first-order valence-electron chi connectivity index (χ1n) is 5.72. The predicted octanol–water partition coefficient (Wildman–Crippen LogP) is 2.55. The molecule has 0 spiro atoms. The Kier molecular flexibility index (Phi) is 4.19. The number of nitriles is 1. The van der Waals surface area contributed by atoms with Gasteiger partial charge in [0.2, 0.25) is 5.91 Å². The fourth-order valence-electron chi connectivity index (χ4n) is 1.93. The third kappa shape index (κ3) is 2.82. The molecule has 0 saturated carbocycles. The first-order valence-corrected chi connectivity index (χ1v) is 6.80. The molecule has 1 aromatic rings. The van der Waals surface area contributed by atoms with Crippen molar-refractivity contribution in [3.8, 4) is 6.07 Å². The van der Waals surface area contributed by atoms with Crippen molar-refractivity contribution in [3.63, 3.8) is 0 Å². The summed E-state index contributed by atoms with van der Waals surface area (Å²) in [5, 5.41) is 12.1. The highest BCUT2D eigenvalue weighted by molar-refractivity contribution is 14.1. The molecule has 1 aliphatic heterocycles. The Labute approximate surface area is 119 Å². The lowest BCUT2D eigenvalue weighted by molar-refractivity contribution is -0.126. The largest absolute Gasteiger partial charge is 0.381 e. The van der Waals surface area contributed by atoms with E-state index in [-0.39, 0.29) is 5.91 Å². The van der Waals surface area contributed by atoms with Gasteiger partial charge in [-0.15, -0.1) is 0 Å². The van der Waals surface area contributed by atoms with Crippen LogP contribution in [0.2, 0.25) is 0 Å². The van der Waals surface area contributed by atoms with E-state index in [0.717, 1.165) is 9.26 Å². The fraction of sp³-hybridized carbons (Fsp3) is 0.385. The Hall–Kier alpha value is -1.13. The highest BCUT2D eigenvalue weighted by Gasteiger charge is 2.40. The highest BCUT2D eigenvalue weighted by atomic mass is 127. The Bertz CT molecular complexity index is 490. The standard InChI is InChI=1S/C13H13IN2O2/c14-10-2-1-3-11(8-10)16-12(17)13(9-15)4-6-18-7-5-13/h1-3,8H,4-7H2,(H,16,17). The number of halogens is 1. The lowest BCUT2D eigenvalue weighted by Gasteiger charge is -2.29. The van der Waals surface area contributed by atoms with Crippen LogP contribution in [0, 0.1) is 20.3 Å². The van der Waals surface area contributed by atoms with Gasteiger partial charge in [0.05, 0.1) is 6.07 Å². The summed E-state index contributed by atoms with van der Waals surface area (Å²) in [6, 6.07) is 9.68. The average Bonchev–Trinajstić information content (AvgIpc) is 2.39. The molecule has 1 aromatic carbocycles. The fourth-order valence-corrected chi connectivity index (χ4v) is 2.47. The summed E-state index contributed by atoms with van der Waals surface area (Å²) in [4.78, 5) is 12.2. The molecular formula is C13H13IN2O2. The summed E-state index contributed by atoms with van der Waals surface area (Å²) >= 11 is 2.18. The van der Waals surface area contributed by atoms with Crippen molar-refractivity contribution in [1.29, 1.82) is 5.26 Å². The van der Waals surface area contributed by atoms with E-state index < -0.39 is 5.41 Å². The maximum atomic E-state index is 12.2. The van der Waals surface area contributed by atoms with E-state index in [2.05, 4.69) is 34.0 Å². The molecule has 0 aromatic heterocycles. The summed E-state index contributed by atoms with van der Waals surface area (Å²) in [6.07, 6.45) is 0.915. The maximum absolute atomic E-state index is 12.2. The molecular weight excluding hydrogens is 343 g/mol. The van der Waals surface area contributed by atoms with Crippen LogP contribution in [-0.4, -0.2) is 19.1 Å². The SMILES string of the molecule is N#CC1(C(=O)Nc2cccc(I)c2)CCOCC1. The van der Waals surface area contributed by atoms with E-state index in [9.17, 15) is 10.1 Å². The van der Waals surface area contributed by atoms with E-state index in [4.69, 9.17) is 4.74 Å².